The van der Waals surface area contributed by atoms with E-state index in [-0.39, 0.29) is 41.0 Å². The van der Waals surface area contributed by atoms with Crippen LogP contribution in [-0.4, -0.2) is 58.8 Å². The molecule has 0 bridgehead atoms. The topological polar surface area (TPSA) is 99.2 Å². The molecule has 2 N–H and O–H groups in total. The number of aliphatic hydroxyl groups is 1. The molecule has 3 heterocycles. The molecule has 2 aliphatic rings. The Labute approximate surface area is 244 Å². The number of aryl methyl sites for hydroxylation is 1. The minimum absolute atomic E-state index is 0.0366. The van der Waals surface area contributed by atoms with Crippen molar-refractivity contribution in [2.24, 2.45) is 5.92 Å². The van der Waals surface area contributed by atoms with Crippen LogP contribution >= 0.6 is 0 Å². The summed E-state index contributed by atoms with van der Waals surface area (Å²) in [6.45, 7) is -0.495. The van der Waals surface area contributed by atoms with Crippen LogP contribution in [0.5, 0.6) is 0 Å². The number of hydrogen-bond acceptors (Lipinski definition) is 6. The summed E-state index contributed by atoms with van der Waals surface area (Å²) >= 11 is 0. The number of hydrogen-bond donors (Lipinski definition) is 2. The van der Waals surface area contributed by atoms with Crippen LogP contribution in [-0.2, 0) is 26.7 Å². The molecule has 0 radical (unpaired) electrons. The third-order valence-corrected chi connectivity index (χ3v) is 11.2. The molecule has 234 valence electrons. The minimum Gasteiger partial charge on any atom is -0.374 e. The van der Waals surface area contributed by atoms with Gasteiger partial charge in [0.15, 0.2) is 15.5 Å². The van der Waals surface area contributed by atoms with Gasteiger partial charge < -0.3 is 10.1 Å². The average Bonchev–Trinajstić information content (AvgIpc) is 3.58. The second-order valence-corrected chi connectivity index (χ2v) is 13.1. The Morgan fingerprint density at radius 3 is 2.30 bits per heavy atom. The van der Waals surface area contributed by atoms with Gasteiger partial charge in [-0.2, -0.15) is 26.3 Å². The molecule has 1 fully saturated rings. The first kappa shape index (κ1) is 30.4. The van der Waals surface area contributed by atoms with E-state index < -0.39 is 62.7 Å². The number of H-pyrrole nitrogens is 1. The first-order valence-corrected chi connectivity index (χ1v) is 14.7. The van der Waals surface area contributed by atoms with Gasteiger partial charge in [0.1, 0.15) is 22.3 Å². The molecular formula is C28H22F8N4O3S. The highest BCUT2D eigenvalue weighted by Crippen LogP contribution is 2.57. The van der Waals surface area contributed by atoms with E-state index in [4.69, 9.17) is 0 Å². The van der Waals surface area contributed by atoms with E-state index in [1.807, 2.05) is 0 Å². The number of benzene rings is 2. The second kappa shape index (κ2) is 9.94. The van der Waals surface area contributed by atoms with Crippen LogP contribution < -0.4 is 0 Å². The lowest BCUT2D eigenvalue weighted by Gasteiger charge is -2.41. The van der Waals surface area contributed by atoms with Crippen LogP contribution in [0.3, 0.4) is 0 Å². The van der Waals surface area contributed by atoms with E-state index >= 15 is 4.39 Å². The van der Waals surface area contributed by atoms with Gasteiger partial charge in [-0.05, 0) is 54.2 Å². The Morgan fingerprint density at radius 2 is 1.64 bits per heavy atom. The fourth-order valence-electron chi connectivity index (χ4n) is 6.52. The monoisotopic (exact) mass is 646 g/mol. The summed E-state index contributed by atoms with van der Waals surface area (Å²) in [5, 5.41) is 11.4. The van der Waals surface area contributed by atoms with Crippen LogP contribution in [0, 0.1) is 11.7 Å². The zero-order valence-corrected chi connectivity index (χ0v) is 23.1. The number of aromatic amines is 1. The summed E-state index contributed by atoms with van der Waals surface area (Å²) in [6, 6.07) is 5.34. The van der Waals surface area contributed by atoms with Crippen molar-refractivity contribution in [3.8, 4) is 0 Å². The summed E-state index contributed by atoms with van der Waals surface area (Å²) < 4.78 is 137. The number of likely N-dealkylation sites (tertiary alicyclic amines) is 1. The molecule has 16 heteroatoms. The summed E-state index contributed by atoms with van der Waals surface area (Å²) in [6.07, 6.45) is -10.1. The fourth-order valence-corrected chi connectivity index (χ4v) is 8.89. The zero-order valence-electron chi connectivity index (χ0n) is 22.3. The van der Waals surface area contributed by atoms with Crippen molar-refractivity contribution in [1.82, 2.24) is 19.9 Å². The highest BCUT2D eigenvalue weighted by Gasteiger charge is 2.73. The standard InChI is InChI=1S/C28H22F8N4O3S/c29-18-4-6-19(7-5-18)44(42,43)25-14-40(24(41)20-12-39-23-22(20)37-9-10-38-23)13-17(25)2-1-15-11-16(3-8-21(15)25)26(30,27(31,32)33)28(34,35)36/h3-12,17,24,41H,1-2,13-14H2,(H,38,39). The summed E-state index contributed by atoms with van der Waals surface area (Å²) in [5.41, 5.74) is -6.87. The van der Waals surface area contributed by atoms with Gasteiger partial charge >= 0.3 is 18.0 Å². The molecule has 7 nitrogen and oxygen atoms in total. The van der Waals surface area contributed by atoms with Crippen LogP contribution in [0.1, 0.15) is 34.9 Å². The largest absolute Gasteiger partial charge is 0.435 e. The van der Waals surface area contributed by atoms with Crippen molar-refractivity contribution in [1.29, 1.82) is 0 Å². The lowest BCUT2D eigenvalue weighted by atomic mass is 9.75. The maximum absolute atomic E-state index is 15.0. The van der Waals surface area contributed by atoms with E-state index in [0.29, 0.717) is 23.3 Å². The van der Waals surface area contributed by atoms with Crippen molar-refractivity contribution in [3.05, 3.63) is 89.1 Å². The third-order valence-electron chi connectivity index (χ3n) is 8.62. The molecule has 3 atom stereocenters. The van der Waals surface area contributed by atoms with Crippen LogP contribution in [0.25, 0.3) is 11.2 Å². The highest BCUT2D eigenvalue weighted by molar-refractivity contribution is 7.92. The van der Waals surface area contributed by atoms with E-state index in [1.165, 1.54) is 23.5 Å². The van der Waals surface area contributed by atoms with Crippen LogP contribution in [0.2, 0.25) is 0 Å². The molecule has 0 spiro atoms. The summed E-state index contributed by atoms with van der Waals surface area (Å²) in [5.74, 6) is -1.56. The number of fused-ring (bicyclic) bond motifs is 4. The lowest BCUT2D eigenvalue weighted by molar-refractivity contribution is -0.348. The van der Waals surface area contributed by atoms with Crippen molar-refractivity contribution >= 4 is 21.0 Å². The number of halogens is 8. The average molecular weight is 647 g/mol. The van der Waals surface area contributed by atoms with Crippen LogP contribution in [0.4, 0.5) is 35.1 Å². The SMILES string of the molecule is O=S(=O)(c1ccc(F)cc1)C12CN(C(O)c3c[nH]c4nccnc34)CC1CCc1cc(C(F)(C(F)(F)F)C(F)(F)F)ccc12. The van der Waals surface area contributed by atoms with E-state index in [9.17, 15) is 44.3 Å². The van der Waals surface area contributed by atoms with Crippen LogP contribution in [0.15, 0.2) is 66.0 Å². The first-order valence-electron chi connectivity index (χ1n) is 13.2. The predicted octanol–water partition coefficient (Wildman–Crippen LogP) is 5.62. The van der Waals surface area contributed by atoms with Crippen molar-refractivity contribution in [3.63, 3.8) is 0 Å². The Bertz CT molecular complexity index is 1830. The summed E-state index contributed by atoms with van der Waals surface area (Å²) in [4.78, 5) is 12.2. The maximum Gasteiger partial charge on any atom is 0.435 e. The molecule has 3 unspecified atom stereocenters. The molecule has 0 amide bonds. The predicted molar refractivity (Wildman–Crippen MR) is 139 cm³/mol. The number of aromatic nitrogens is 3. The molecule has 1 saturated heterocycles. The second-order valence-electron chi connectivity index (χ2n) is 10.9. The number of sulfone groups is 1. The van der Waals surface area contributed by atoms with Gasteiger partial charge in [-0.25, -0.2) is 22.2 Å². The third kappa shape index (κ3) is 4.24. The van der Waals surface area contributed by atoms with Crippen molar-refractivity contribution < 1.29 is 48.6 Å². The number of aliphatic hydroxyl groups excluding tert-OH is 1. The number of nitrogens with zero attached hydrogens (tertiary/aromatic N) is 3. The fraction of sp³-hybridized carbons (Fsp3) is 0.357. The van der Waals surface area contributed by atoms with Gasteiger partial charge in [-0.15, -0.1) is 0 Å². The number of rotatable bonds is 5. The molecule has 0 saturated carbocycles. The number of alkyl halides is 7. The zero-order chi connectivity index (χ0) is 31.9. The molecule has 2 aromatic carbocycles. The first-order chi connectivity index (χ1) is 20.5. The van der Waals surface area contributed by atoms with E-state index in [0.717, 1.165) is 30.3 Å². The van der Waals surface area contributed by atoms with Gasteiger partial charge in [0.2, 0.25) is 0 Å². The normalized spacial score (nSPS) is 22.2. The molecule has 1 aliphatic carbocycles. The van der Waals surface area contributed by atoms with Gasteiger partial charge in [0.25, 0.3) is 0 Å². The molecular weight excluding hydrogens is 624 g/mol. The van der Waals surface area contributed by atoms with E-state index in [2.05, 4.69) is 15.0 Å². The molecule has 1 aliphatic heterocycles. The van der Waals surface area contributed by atoms with Gasteiger partial charge in [-0.1, -0.05) is 18.2 Å². The molecule has 44 heavy (non-hydrogen) atoms. The Hall–Kier alpha value is -3.63. The lowest BCUT2D eigenvalue weighted by Crippen LogP contribution is -2.51. The minimum atomic E-state index is -6.36. The Balaban J connectivity index is 1.52. The van der Waals surface area contributed by atoms with Crippen molar-refractivity contribution in [2.45, 2.75) is 46.7 Å². The maximum atomic E-state index is 15.0. The molecule has 2 aromatic heterocycles. The van der Waals surface area contributed by atoms with E-state index in [1.54, 1.807) is 0 Å². The highest BCUT2D eigenvalue weighted by atomic mass is 32.2. The quantitative estimate of drug-likeness (QED) is 0.216. The molecule has 4 aromatic rings. The Morgan fingerprint density at radius 1 is 0.977 bits per heavy atom. The smallest absolute Gasteiger partial charge is 0.374 e. The number of nitrogens with one attached hydrogen (secondary N) is 1. The molecule has 6 rings (SSSR count). The van der Waals surface area contributed by atoms with Gasteiger partial charge in [0, 0.05) is 42.8 Å². The van der Waals surface area contributed by atoms with Gasteiger partial charge in [0.05, 0.1) is 4.90 Å². The van der Waals surface area contributed by atoms with Gasteiger partial charge in [-0.3, -0.25) is 9.88 Å². The van der Waals surface area contributed by atoms with Crippen molar-refractivity contribution in [2.75, 3.05) is 13.1 Å². The Kier molecular flexibility index (Phi) is 6.87. The summed E-state index contributed by atoms with van der Waals surface area (Å²) in [7, 11) is -4.57.